The number of nitrogens with zero attached hydrogens (tertiary/aromatic N) is 2. The third kappa shape index (κ3) is 2.94. The molecule has 0 aliphatic heterocycles. The molecule has 58 valence electrons. The van der Waals surface area contributed by atoms with E-state index in [1.54, 1.807) is 0 Å². The summed E-state index contributed by atoms with van der Waals surface area (Å²) in [5.74, 6) is 0. The highest BCUT2D eigenvalue weighted by atomic mass is 15.1. The second-order valence-corrected chi connectivity index (χ2v) is 2.30. The van der Waals surface area contributed by atoms with Crippen LogP contribution in [0.15, 0.2) is 40.6 Å². The van der Waals surface area contributed by atoms with Crippen LogP contribution in [0.2, 0.25) is 0 Å². The molecule has 11 heavy (non-hydrogen) atoms. The van der Waals surface area contributed by atoms with Gasteiger partial charge >= 0.3 is 0 Å². The molecule has 2 nitrogen and oxygen atoms in total. The first-order chi connectivity index (χ1) is 5.43. The van der Waals surface area contributed by atoms with Crippen molar-refractivity contribution < 1.29 is 0 Å². The highest BCUT2D eigenvalue weighted by molar-refractivity contribution is 5.34. The molecule has 0 unspecified atom stereocenters. The van der Waals surface area contributed by atoms with E-state index in [1.165, 1.54) is 0 Å². The van der Waals surface area contributed by atoms with Gasteiger partial charge in [-0.25, -0.2) is 0 Å². The van der Waals surface area contributed by atoms with Gasteiger partial charge in [-0.2, -0.15) is 10.2 Å². The molecule has 2 heteroatoms. The number of azo groups is 1. The van der Waals surface area contributed by atoms with Gasteiger partial charge in [-0.15, -0.1) is 0 Å². The Morgan fingerprint density at radius 1 is 1.18 bits per heavy atom. The molecule has 1 aromatic carbocycles. The Morgan fingerprint density at radius 2 is 1.91 bits per heavy atom. The molecule has 0 heterocycles. The molecule has 0 spiro atoms. The summed E-state index contributed by atoms with van der Waals surface area (Å²) in [6, 6.07) is 9.78. The molecule has 0 saturated heterocycles. The smallest absolute Gasteiger partial charge is 0.0852 e. The van der Waals surface area contributed by atoms with Gasteiger partial charge in [0.2, 0.25) is 0 Å². The Morgan fingerprint density at radius 3 is 2.55 bits per heavy atom. The predicted molar refractivity (Wildman–Crippen MR) is 46.1 cm³/mol. The van der Waals surface area contributed by atoms with E-state index in [1.807, 2.05) is 30.3 Å². The van der Waals surface area contributed by atoms with Crippen molar-refractivity contribution in [2.24, 2.45) is 10.2 Å². The van der Waals surface area contributed by atoms with Gasteiger partial charge in [0.15, 0.2) is 0 Å². The Labute approximate surface area is 67.0 Å². The lowest BCUT2D eigenvalue weighted by Gasteiger charge is -1.88. The summed E-state index contributed by atoms with van der Waals surface area (Å²) >= 11 is 0. The summed E-state index contributed by atoms with van der Waals surface area (Å²) in [5.41, 5.74) is 0.931. The molecule has 0 saturated carbocycles. The predicted octanol–water partition coefficient (Wildman–Crippen LogP) is 3.18. The second kappa shape index (κ2) is 4.61. The van der Waals surface area contributed by atoms with Crippen LogP contribution in [0, 0.1) is 0 Å². The molecule has 0 amide bonds. The van der Waals surface area contributed by atoms with Gasteiger partial charge in [0, 0.05) is 0 Å². The van der Waals surface area contributed by atoms with Crippen LogP contribution in [-0.4, -0.2) is 6.54 Å². The van der Waals surface area contributed by atoms with E-state index in [4.69, 9.17) is 0 Å². The zero-order chi connectivity index (χ0) is 7.94. The van der Waals surface area contributed by atoms with E-state index in [0.717, 1.165) is 18.7 Å². The van der Waals surface area contributed by atoms with Gasteiger partial charge in [-0.3, -0.25) is 0 Å². The van der Waals surface area contributed by atoms with Crippen LogP contribution < -0.4 is 0 Å². The fourth-order valence-electron chi connectivity index (χ4n) is 0.726. The van der Waals surface area contributed by atoms with E-state index in [-0.39, 0.29) is 0 Å². The molecule has 0 fully saturated rings. The first-order valence-electron chi connectivity index (χ1n) is 3.86. The number of hydrogen-bond acceptors (Lipinski definition) is 2. The van der Waals surface area contributed by atoms with Crippen LogP contribution in [0.5, 0.6) is 0 Å². The minimum atomic E-state index is 0.814. The highest BCUT2D eigenvalue weighted by Gasteiger charge is 1.82. The SMILES string of the molecule is CCC/N=N/c1ccccc1. The Kier molecular flexibility index (Phi) is 3.32. The normalized spacial score (nSPS) is 10.6. The largest absolute Gasteiger partial charge is 0.189 e. The lowest BCUT2D eigenvalue weighted by atomic mass is 10.3. The maximum Gasteiger partial charge on any atom is 0.0852 e. The fourth-order valence-corrected chi connectivity index (χ4v) is 0.726. The minimum absolute atomic E-state index is 0.814. The average Bonchev–Trinajstić information content (AvgIpc) is 2.07. The standard InChI is InChI=1S/C9H12N2/c1-2-8-10-11-9-6-4-3-5-7-9/h3-7H,2,8H2,1H3/b11-10+. The van der Waals surface area contributed by atoms with E-state index in [9.17, 15) is 0 Å². The van der Waals surface area contributed by atoms with Crippen molar-refractivity contribution >= 4 is 5.69 Å². The number of rotatable bonds is 3. The number of benzene rings is 1. The first-order valence-corrected chi connectivity index (χ1v) is 3.86. The zero-order valence-corrected chi connectivity index (χ0v) is 6.70. The topological polar surface area (TPSA) is 24.7 Å². The molecule has 0 N–H and O–H groups in total. The molecule has 1 aromatic rings. The minimum Gasteiger partial charge on any atom is -0.189 e. The first kappa shape index (κ1) is 7.92. The van der Waals surface area contributed by atoms with Gasteiger partial charge in [0.25, 0.3) is 0 Å². The second-order valence-electron chi connectivity index (χ2n) is 2.30. The van der Waals surface area contributed by atoms with E-state index in [2.05, 4.69) is 17.2 Å². The fraction of sp³-hybridized carbons (Fsp3) is 0.333. The van der Waals surface area contributed by atoms with Crippen molar-refractivity contribution in [2.75, 3.05) is 6.54 Å². The molecule has 0 aromatic heterocycles. The van der Waals surface area contributed by atoms with Crippen LogP contribution >= 0.6 is 0 Å². The molecular weight excluding hydrogens is 136 g/mol. The molecule has 0 aliphatic carbocycles. The molecule has 0 atom stereocenters. The van der Waals surface area contributed by atoms with Crippen molar-refractivity contribution in [3.05, 3.63) is 30.3 Å². The highest BCUT2D eigenvalue weighted by Crippen LogP contribution is 2.09. The van der Waals surface area contributed by atoms with Crippen LogP contribution in [0.3, 0.4) is 0 Å². The van der Waals surface area contributed by atoms with Crippen LogP contribution in [0.4, 0.5) is 5.69 Å². The third-order valence-electron chi connectivity index (χ3n) is 1.27. The maximum atomic E-state index is 4.02. The average molecular weight is 148 g/mol. The monoisotopic (exact) mass is 148 g/mol. The zero-order valence-electron chi connectivity index (χ0n) is 6.70. The van der Waals surface area contributed by atoms with Crippen molar-refractivity contribution in [1.29, 1.82) is 0 Å². The lowest BCUT2D eigenvalue weighted by Crippen LogP contribution is -1.70. The van der Waals surface area contributed by atoms with Crippen molar-refractivity contribution in [3.8, 4) is 0 Å². The van der Waals surface area contributed by atoms with Crippen molar-refractivity contribution in [1.82, 2.24) is 0 Å². The summed E-state index contributed by atoms with van der Waals surface area (Å²) < 4.78 is 0. The summed E-state index contributed by atoms with van der Waals surface area (Å²) in [6.07, 6.45) is 1.05. The van der Waals surface area contributed by atoms with Gasteiger partial charge in [0.05, 0.1) is 12.2 Å². The van der Waals surface area contributed by atoms with Gasteiger partial charge < -0.3 is 0 Å². The van der Waals surface area contributed by atoms with E-state index < -0.39 is 0 Å². The van der Waals surface area contributed by atoms with Gasteiger partial charge in [-0.05, 0) is 18.6 Å². The summed E-state index contributed by atoms with van der Waals surface area (Å²) in [5, 5.41) is 8.01. The molecule has 1 rings (SSSR count). The Hall–Kier alpha value is -1.18. The summed E-state index contributed by atoms with van der Waals surface area (Å²) in [6.45, 7) is 2.90. The Bertz CT molecular complexity index is 216. The van der Waals surface area contributed by atoms with Crippen molar-refractivity contribution in [3.63, 3.8) is 0 Å². The molecule has 0 radical (unpaired) electrons. The number of hydrogen-bond donors (Lipinski definition) is 0. The molecular formula is C9H12N2. The summed E-state index contributed by atoms with van der Waals surface area (Å²) in [4.78, 5) is 0. The molecule has 0 aliphatic rings. The van der Waals surface area contributed by atoms with Crippen molar-refractivity contribution in [2.45, 2.75) is 13.3 Å². The van der Waals surface area contributed by atoms with Crippen LogP contribution in [0.25, 0.3) is 0 Å². The van der Waals surface area contributed by atoms with Gasteiger partial charge in [-0.1, -0.05) is 25.1 Å². The van der Waals surface area contributed by atoms with Crippen LogP contribution in [-0.2, 0) is 0 Å². The maximum absolute atomic E-state index is 4.02. The van der Waals surface area contributed by atoms with E-state index in [0.29, 0.717) is 0 Å². The third-order valence-corrected chi connectivity index (χ3v) is 1.27. The summed E-state index contributed by atoms with van der Waals surface area (Å²) in [7, 11) is 0. The van der Waals surface area contributed by atoms with Crippen LogP contribution in [0.1, 0.15) is 13.3 Å². The van der Waals surface area contributed by atoms with Gasteiger partial charge in [0.1, 0.15) is 0 Å². The lowest BCUT2D eigenvalue weighted by molar-refractivity contribution is 0.876. The Balaban J connectivity index is 2.50. The van der Waals surface area contributed by atoms with E-state index >= 15 is 0 Å². The quantitative estimate of drug-likeness (QED) is 0.588. The molecule has 0 bridgehead atoms.